The van der Waals surface area contributed by atoms with E-state index in [1.165, 1.54) is 11.8 Å². The number of carboxylic acids is 2. The first-order chi connectivity index (χ1) is 16.4. The molecule has 4 atom stereocenters. The van der Waals surface area contributed by atoms with Crippen LogP contribution in [-0.2, 0) is 24.0 Å². The second kappa shape index (κ2) is 17.7. The average molecular weight is 538 g/mol. The van der Waals surface area contributed by atoms with Gasteiger partial charge in [0.25, 0.3) is 0 Å². The van der Waals surface area contributed by atoms with E-state index in [-0.39, 0.29) is 43.9 Å². The third kappa shape index (κ3) is 14.3. The van der Waals surface area contributed by atoms with E-state index < -0.39 is 60.2 Å². The van der Waals surface area contributed by atoms with Crippen molar-refractivity contribution in [3.63, 3.8) is 0 Å². The number of thioether (sulfide) groups is 1. The summed E-state index contributed by atoms with van der Waals surface area (Å²) in [6.45, 7) is 0.175. The Labute approximate surface area is 213 Å². The first-order valence-electron chi connectivity index (χ1n) is 10.7. The van der Waals surface area contributed by atoms with E-state index in [0.717, 1.165) is 0 Å². The molecule has 0 radical (unpaired) electrons. The van der Waals surface area contributed by atoms with Gasteiger partial charge in [-0.25, -0.2) is 4.79 Å². The Morgan fingerprint density at radius 2 is 1.46 bits per heavy atom. The first-order valence-corrected chi connectivity index (χ1v) is 12.7. The van der Waals surface area contributed by atoms with Gasteiger partial charge in [0.05, 0.1) is 6.04 Å². The maximum Gasteiger partial charge on any atom is 0.326 e. The van der Waals surface area contributed by atoms with Gasteiger partial charge in [0.2, 0.25) is 17.7 Å². The molecule has 0 saturated carbocycles. The number of thiol groups is 1. The van der Waals surface area contributed by atoms with Crippen LogP contribution < -0.4 is 33.2 Å². The summed E-state index contributed by atoms with van der Waals surface area (Å²) in [6.07, 6.45) is 1.61. The molecule has 0 aliphatic heterocycles. The SMILES string of the molecule is CSCCC(NC(=O)C(CCC(=O)O)NC(=O)C(N)CS)C(=O)NC(CCCN=C(N)N)C(=O)O. The van der Waals surface area contributed by atoms with Gasteiger partial charge < -0.3 is 43.4 Å². The molecule has 35 heavy (non-hydrogen) atoms. The van der Waals surface area contributed by atoms with Crippen LogP contribution >= 0.6 is 24.4 Å². The van der Waals surface area contributed by atoms with Crippen LogP contribution in [0, 0.1) is 0 Å². The topological polar surface area (TPSA) is 252 Å². The molecule has 11 N–H and O–H groups in total. The van der Waals surface area contributed by atoms with Gasteiger partial charge >= 0.3 is 11.9 Å². The van der Waals surface area contributed by atoms with Crippen LogP contribution in [0.5, 0.6) is 0 Å². The third-order valence-corrected chi connectivity index (χ3v) is 5.65. The van der Waals surface area contributed by atoms with Crippen molar-refractivity contribution in [1.29, 1.82) is 0 Å². The minimum absolute atomic E-state index is 0.00236. The molecule has 0 aliphatic rings. The van der Waals surface area contributed by atoms with Gasteiger partial charge in [-0.15, -0.1) is 0 Å². The Kier molecular flexibility index (Phi) is 16.3. The van der Waals surface area contributed by atoms with E-state index in [2.05, 4.69) is 33.6 Å². The summed E-state index contributed by atoms with van der Waals surface area (Å²) < 4.78 is 0. The lowest BCUT2D eigenvalue weighted by Gasteiger charge is -2.25. The number of carboxylic acid groups (broad SMARTS) is 2. The zero-order valence-corrected chi connectivity index (χ0v) is 21.1. The van der Waals surface area contributed by atoms with E-state index in [0.29, 0.717) is 5.75 Å². The van der Waals surface area contributed by atoms with Gasteiger partial charge in [0.1, 0.15) is 18.1 Å². The fourth-order valence-corrected chi connectivity index (χ4v) is 3.35. The van der Waals surface area contributed by atoms with Crippen LogP contribution in [-0.4, -0.2) is 94.3 Å². The molecule has 0 saturated heterocycles. The first kappa shape index (κ1) is 32.3. The van der Waals surface area contributed by atoms with E-state index in [1.54, 1.807) is 6.26 Å². The molecule has 0 bridgehead atoms. The van der Waals surface area contributed by atoms with Crippen LogP contribution in [0.15, 0.2) is 4.99 Å². The van der Waals surface area contributed by atoms with Gasteiger partial charge in [0, 0.05) is 18.7 Å². The fourth-order valence-electron chi connectivity index (χ4n) is 2.71. The number of carbonyl (C=O) groups excluding carboxylic acids is 3. The standard InChI is InChI=1S/C19H35N7O7S2/c1-35-8-6-12(17(31)26-13(18(32)33)3-2-7-23-19(21)22)25-16(30)11(4-5-14(27)28)24-15(29)10(20)9-34/h10-13,34H,2-9,20H2,1H3,(H,24,29)(H,25,30)(H,26,31)(H,27,28)(H,32,33)(H4,21,22,23). The quantitative estimate of drug-likeness (QED) is 0.0381. The smallest absolute Gasteiger partial charge is 0.326 e. The summed E-state index contributed by atoms with van der Waals surface area (Å²) in [5.41, 5.74) is 16.1. The summed E-state index contributed by atoms with van der Waals surface area (Å²) >= 11 is 5.32. The minimum atomic E-state index is -1.27. The Hall–Kier alpha value is -2.72. The number of nitrogens with one attached hydrogen (secondary N) is 3. The highest BCUT2D eigenvalue weighted by Crippen LogP contribution is 2.06. The predicted molar refractivity (Wildman–Crippen MR) is 135 cm³/mol. The Balaban J connectivity index is 5.42. The molecule has 0 fully saturated rings. The predicted octanol–water partition coefficient (Wildman–Crippen LogP) is -2.55. The van der Waals surface area contributed by atoms with Gasteiger partial charge in [-0.05, 0) is 37.7 Å². The van der Waals surface area contributed by atoms with Crippen molar-refractivity contribution in [2.24, 2.45) is 22.2 Å². The molecule has 0 aromatic carbocycles. The second-order valence-corrected chi connectivity index (χ2v) is 8.82. The Bertz CT molecular complexity index is 766. The number of amides is 3. The van der Waals surface area contributed by atoms with E-state index in [1.807, 2.05) is 0 Å². The Morgan fingerprint density at radius 3 is 1.94 bits per heavy atom. The van der Waals surface area contributed by atoms with Gasteiger partial charge in [-0.1, -0.05) is 0 Å². The number of nitrogens with zero attached hydrogens (tertiary/aromatic N) is 1. The van der Waals surface area contributed by atoms with E-state index in [4.69, 9.17) is 22.3 Å². The van der Waals surface area contributed by atoms with Crippen molar-refractivity contribution in [1.82, 2.24) is 16.0 Å². The zero-order chi connectivity index (χ0) is 27.0. The number of aliphatic carboxylic acids is 2. The molecule has 16 heteroatoms. The van der Waals surface area contributed by atoms with Crippen LogP contribution in [0.1, 0.15) is 32.1 Å². The molecule has 4 unspecified atom stereocenters. The van der Waals surface area contributed by atoms with Crippen molar-refractivity contribution in [2.75, 3.05) is 24.3 Å². The van der Waals surface area contributed by atoms with Crippen LogP contribution in [0.4, 0.5) is 0 Å². The molecule has 0 rings (SSSR count). The van der Waals surface area contributed by atoms with Crippen LogP contribution in [0.3, 0.4) is 0 Å². The van der Waals surface area contributed by atoms with E-state index >= 15 is 0 Å². The second-order valence-electron chi connectivity index (χ2n) is 7.47. The maximum absolute atomic E-state index is 12.9. The normalized spacial score (nSPS) is 14.0. The highest BCUT2D eigenvalue weighted by atomic mass is 32.2. The summed E-state index contributed by atoms with van der Waals surface area (Å²) in [5, 5.41) is 25.7. The van der Waals surface area contributed by atoms with Crippen molar-refractivity contribution in [3.8, 4) is 0 Å². The molecule has 14 nitrogen and oxygen atoms in total. The number of nitrogens with two attached hydrogens (primary N) is 3. The molecule has 200 valence electrons. The van der Waals surface area contributed by atoms with Crippen LogP contribution in [0.25, 0.3) is 0 Å². The lowest BCUT2D eigenvalue weighted by molar-refractivity contribution is -0.142. The van der Waals surface area contributed by atoms with Gasteiger partial charge in [-0.2, -0.15) is 24.4 Å². The lowest BCUT2D eigenvalue weighted by Crippen LogP contribution is -2.57. The molecule has 0 spiro atoms. The summed E-state index contributed by atoms with van der Waals surface area (Å²) in [5.74, 6) is -4.39. The van der Waals surface area contributed by atoms with Crippen LogP contribution in [0.2, 0.25) is 0 Å². The average Bonchev–Trinajstić information content (AvgIpc) is 2.79. The van der Waals surface area contributed by atoms with Gasteiger partial charge in [-0.3, -0.25) is 24.2 Å². The minimum Gasteiger partial charge on any atom is -0.481 e. The summed E-state index contributed by atoms with van der Waals surface area (Å²) in [7, 11) is 0. The number of hydrogen-bond acceptors (Lipinski definition) is 9. The fraction of sp³-hybridized carbons (Fsp3) is 0.684. The maximum atomic E-state index is 12.9. The number of aliphatic imine (C=N–C) groups is 1. The summed E-state index contributed by atoms with van der Waals surface area (Å²) in [6, 6.07) is -4.67. The number of guanidine groups is 1. The molecule has 0 heterocycles. The molecular weight excluding hydrogens is 502 g/mol. The zero-order valence-electron chi connectivity index (χ0n) is 19.4. The Morgan fingerprint density at radius 1 is 0.914 bits per heavy atom. The molecule has 0 aromatic rings. The third-order valence-electron chi connectivity index (χ3n) is 4.62. The van der Waals surface area contributed by atoms with Gasteiger partial charge in [0.15, 0.2) is 5.96 Å². The van der Waals surface area contributed by atoms with Crippen molar-refractivity contribution in [2.45, 2.75) is 56.3 Å². The largest absolute Gasteiger partial charge is 0.481 e. The molecule has 0 aliphatic carbocycles. The monoisotopic (exact) mass is 537 g/mol. The van der Waals surface area contributed by atoms with Crippen molar-refractivity contribution < 1.29 is 34.2 Å². The number of hydrogen-bond donors (Lipinski definition) is 9. The lowest BCUT2D eigenvalue weighted by atomic mass is 10.1. The molecule has 0 aromatic heterocycles. The van der Waals surface area contributed by atoms with Crippen molar-refractivity contribution >= 4 is 60.0 Å². The summed E-state index contributed by atoms with van der Waals surface area (Å²) in [4.78, 5) is 64.1. The highest BCUT2D eigenvalue weighted by molar-refractivity contribution is 7.98. The highest BCUT2D eigenvalue weighted by Gasteiger charge is 2.30. The van der Waals surface area contributed by atoms with E-state index in [9.17, 15) is 29.1 Å². The molecule has 3 amide bonds. The van der Waals surface area contributed by atoms with Crippen molar-refractivity contribution in [3.05, 3.63) is 0 Å². The number of carbonyl (C=O) groups is 5. The molecular formula is C19H35N7O7S2. The number of rotatable bonds is 18.